The average molecular weight is 441 g/mol. The Hall–Kier alpha value is -0.780. The molecule has 0 aliphatic heterocycles. The summed E-state index contributed by atoms with van der Waals surface area (Å²) in [5, 5.41) is 29.7. The lowest BCUT2D eigenvalue weighted by molar-refractivity contribution is -0.168. The van der Waals surface area contributed by atoms with E-state index in [1.807, 2.05) is 0 Å². The highest BCUT2D eigenvalue weighted by Crippen LogP contribution is 2.60. The Balaban J connectivity index is 1.69. The van der Waals surface area contributed by atoms with Crippen molar-refractivity contribution in [2.45, 2.75) is 116 Å². The molecule has 31 heavy (non-hydrogen) atoms. The molecule has 0 saturated heterocycles. The minimum atomic E-state index is -3.07. The summed E-state index contributed by atoms with van der Waals surface area (Å²) in [6.45, 7) is 6.86. The van der Waals surface area contributed by atoms with Gasteiger partial charge in [-0.05, 0) is 94.8 Å². The van der Waals surface area contributed by atoms with Crippen molar-refractivity contribution in [3.05, 3.63) is 23.3 Å². The van der Waals surface area contributed by atoms with Gasteiger partial charge in [-0.15, -0.1) is 0 Å². The lowest BCUT2D eigenvalue weighted by Crippen LogP contribution is -2.43. The molecule has 3 nitrogen and oxygen atoms in total. The third-order valence-corrected chi connectivity index (χ3v) is 8.61. The van der Waals surface area contributed by atoms with Crippen LogP contribution < -0.4 is 0 Å². The SMILES string of the molecule is C[C@H](CCC(F)(F)C(C)(C)O)C1CCC2/C(=C/C=C3C[C@@H](O)C[C@H](O)C3)CCC[C@@]21C. The number of hydrogen-bond donors (Lipinski definition) is 3. The third-order valence-electron chi connectivity index (χ3n) is 8.61. The molecule has 3 saturated carbocycles. The van der Waals surface area contributed by atoms with Crippen LogP contribution in [0.15, 0.2) is 23.3 Å². The van der Waals surface area contributed by atoms with Crippen LogP contribution in [0.5, 0.6) is 0 Å². The molecule has 0 aromatic rings. The zero-order chi connectivity index (χ0) is 23.0. The van der Waals surface area contributed by atoms with E-state index in [4.69, 9.17) is 0 Å². The number of aliphatic hydroxyl groups excluding tert-OH is 2. The first-order valence-corrected chi connectivity index (χ1v) is 12.2. The molecule has 3 aliphatic rings. The van der Waals surface area contributed by atoms with E-state index >= 15 is 0 Å². The topological polar surface area (TPSA) is 60.7 Å². The molecule has 178 valence electrons. The van der Waals surface area contributed by atoms with E-state index in [0.717, 1.165) is 37.7 Å². The molecule has 0 bridgehead atoms. The maximum absolute atomic E-state index is 14.3. The van der Waals surface area contributed by atoms with E-state index in [0.29, 0.717) is 37.5 Å². The molecular formula is C26H42F2O3. The van der Waals surface area contributed by atoms with Crippen molar-refractivity contribution in [2.24, 2.45) is 23.2 Å². The van der Waals surface area contributed by atoms with Crippen LogP contribution >= 0.6 is 0 Å². The Morgan fingerprint density at radius 1 is 1.13 bits per heavy atom. The van der Waals surface area contributed by atoms with Crippen LogP contribution in [0.1, 0.15) is 91.9 Å². The summed E-state index contributed by atoms with van der Waals surface area (Å²) in [6.07, 6.45) is 10.9. The molecule has 6 atom stereocenters. The molecule has 0 radical (unpaired) electrons. The molecule has 0 heterocycles. The summed E-state index contributed by atoms with van der Waals surface area (Å²) in [7, 11) is 0. The van der Waals surface area contributed by atoms with E-state index < -0.39 is 23.7 Å². The second-order valence-electron chi connectivity index (χ2n) is 11.4. The molecular weight excluding hydrogens is 398 g/mol. The largest absolute Gasteiger partial charge is 0.393 e. The number of allylic oxidation sites excluding steroid dienone is 3. The number of alkyl halides is 2. The Morgan fingerprint density at radius 2 is 1.77 bits per heavy atom. The van der Waals surface area contributed by atoms with Crippen LogP contribution in [-0.4, -0.2) is 39.1 Å². The molecule has 2 unspecified atom stereocenters. The van der Waals surface area contributed by atoms with E-state index in [2.05, 4.69) is 26.0 Å². The number of fused-ring (bicyclic) bond motifs is 1. The minimum Gasteiger partial charge on any atom is -0.393 e. The highest BCUT2D eigenvalue weighted by molar-refractivity contribution is 5.26. The lowest BCUT2D eigenvalue weighted by atomic mass is 9.60. The van der Waals surface area contributed by atoms with E-state index in [9.17, 15) is 24.1 Å². The van der Waals surface area contributed by atoms with Gasteiger partial charge in [0, 0.05) is 6.42 Å². The fourth-order valence-electron chi connectivity index (χ4n) is 6.66. The van der Waals surface area contributed by atoms with Crippen molar-refractivity contribution >= 4 is 0 Å². The number of aliphatic hydroxyl groups is 3. The van der Waals surface area contributed by atoms with Gasteiger partial charge in [-0.2, -0.15) is 0 Å². The average Bonchev–Trinajstić information content (AvgIpc) is 3.00. The van der Waals surface area contributed by atoms with Crippen LogP contribution in [0, 0.1) is 23.2 Å². The molecule has 0 aromatic carbocycles. The summed E-state index contributed by atoms with van der Waals surface area (Å²) in [5.41, 5.74) is 0.719. The van der Waals surface area contributed by atoms with Gasteiger partial charge in [0.05, 0.1) is 12.2 Å². The quantitative estimate of drug-likeness (QED) is 0.490. The van der Waals surface area contributed by atoms with Crippen LogP contribution in [-0.2, 0) is 0 Å². The Labute approximate surface area is 186 Å². The summed E-state index contributed by atoms with van der Waals surface area (Å²) in [4.78, 5) is 0. The minimum absolute atomic E-state index is 0.137. The van der Waals surface area contributed by atoms with Crippen molar-refractivity contribution in [3.63, 3.8) is 0 Å². The monoisotopic (exact) mass is 440 g/mol. The van der Waals surface area contributed by atoms with E-state index in [-0.39, 0.29) is 17.8 Å². The smallest absolute Gasteiger partial charge is 0.275 e. The Bertz CT molecular complexity index is 681. The normalized spacial score (nSPS) is 37.1. The van der Waals surface area contributed by atoms with E-state index in [1.54, 1.807) is 0 Å². The molecule has 3 rings (SSSR count). The van der Waals surface area contributed by atoms with Gasteiger partial charge in [-0.1, -0.05) is 37.1 Å². The van der Waals surface area contributed by atoms with E-state index in [1.165, 1.54) is 19.4 Å². The van der Waals surface area contributed by atoms with Gasteiger partial charge < -0.3 is 15.3 Å². The highest BCUT2D eigenvalue weighted by Gasteiger charge is 2.51. The van der Waals surface area contributed by atoms with Crippen LogP contribution in [0.25, 0.3) is 0 Å². The fourth-order valence-corrected chi connectivity index (χ4v) is 6.66. The molecule has 0 spiro atoms. The predicted molar refractivity (Wildman–Crippen MR) is 120 cm³/mol. The van der Waals surface area contributed by atoms with Gasteiger partial charge >= 0.3 is 0 Å². The Kier molecular flexibility index (Phi) is 7.40. The fraction of sp³-hybridized carbons (Fsp3) is 0.846. The first kappa shape index (κ1) is 24.9. The van der Waals surface area contributed by atoms with Gasteiger partial charge in [0.25, 0.3) is 5.92 Å². The second kappa shape index (κ2) is 9.23. The molecule has 0 aromatic heterocycles. The van der Waals surface area contributed by atoms with Gasteiger partial charge in [0.15, 0.2) is 0 Å². The number of rotatable bonds is 6. The summed E-state index contributed by atoms with van der Waals surface area (Å²) < 4.78 is 28.6. The van der Waals surface area contributed by atoms with Crippen molar-refractivity contribution in [3.8, 4) is 0 Å². The maximum Gasteiger partial charge on any atom is 0.275 e. The molecule has 0 amide bonds. The predicted octanol–water partition coefficient (Wildman–Crippen LogP) is 5.78. The van der Waals surface area contributed by atoms with Crippen molar-refractivity contribution in [1.82, 2.24) is 0 Å². The second-order valence-corrected chi connectivity index (χ2v) is 11.4. The van der Waals surface area contributed by atoms with Gasteiger partial charge in [-0.25, -0.2) is 8.78 Å². The third kappa shape index (κ3) is 5.42. The number of hydrogen-bond acceptors (Lipinski definition) is 3. The van der Waals surface area contributed by atoms with Crippen LogP contribution in [0.2, 0.25) is 0 Å². The van der Waals surface area contributed by atoms with Crippen molar-refractivity contribution < 1.29 is 24.1 Å². The first-order valence-electron chi connectivity index (χ1n) is 12.2. The standard InChI is InChI=1S/C26H42F2O3/c1-17(11-13-26(27,28)24(2,3)31)22-9-10-23-19(6-5-12-25(22,23)4)8-7-18-14-20(29)16-21(30)15-18/h7-8,17,20-23,29-31H,5-6,9-16H2,1-4H3/b19-8+/t17-,20-,21-,22?,23?,25-/m1/s1. The summed E-state index contributed by atoms with van der Waals surface area (Å²) in [6, 6.07) is 0. The zero-order valence-corrected chi connectivity index (χ0v) is 19.7. The maximum atomic E-state index is 14.3. The zero-order valence-electron chi connectivity index (χ0n) is 19.7. The molecule has 5 heteroatoms. The Morgan fingerprint density at radius 3 is 2.39 bits per heavy atom. The summed E-state index contributed by atoms with van der Waals surface area (Å²) >= 11 is 0. The van der Waals surface area contributed by atoms with Crippen molar-refractivity contribution in [2.75, 3.05) is 0 Å². The van der Waals surface area contributed by atoms with Crippen LogP contribution in [0.3, 0.4) is 0 Å². The van der Waals surface area contributed by atoms with Gasteiger partial charge in [-0.3, -0.25) is 0 Å². The summed E-state index contributed by atoms with van der Waals surface area (Å²) in [5.74, 6) is -1.97. The first-order chi connectivity index (χ1) is 14.3. The van der Waals surface area contributed by atoms with Gasteiger partial charge in [0.1, 0.15) is 5.60 Å². The highest BCUT2D eigenvalue weighted by atomic mass is 19.3. The molecule has 3 N–H and O–H groups in total. The lowest BCUT2D eigenvalue weighted by Gasteiger charge is -2.44. The van der Waals surface area contributed by atoms with Gasteiger partial charge in [0.2, 0.25) is 0 Å². The number of halogens is 2. The molecule has 3 fully saturated rings. The van der Waals surface area contributed by atoms with Crippen molar-refractivity contribution in [1.29, 1.82) is 0 Å². The molecule has 3 aliphatic carbocycles. The van der Waals surface area contributed by atoms with Crippen LogP contribution in [0.4, 0.5) is 8.78 Å².